The normalized spacial score (nSPS) is 19.9. The Kier molecular flexibility index (Phi) is 5.80. The summed E-state index contributed by atoms with van der Waals surface area (Å²) in [7, 11) is 0. The molecule has 5 rings (SSSR count). The lowest BCUT2D eigenvalue weighted by molar-refractivity contribution is -0.187. The number of benzene rings is 1. The quantitative estimate of drug-likeness (QED) is 0.481. The molecule has 0 N–H and O–H groups in total. The predicted molar refractivity (Wildman–Crippen MR) is 124 cm³/mol. The van der Waals surface area contributed by atoms with E-state index in [0.717, 1.165) is 24.8 Å². The number of pyridine rings is 1. The van der Waals surface area contributed by atoms with Crippen LogP contribution in [0.4, 0.5) is 17.6 Å². The summed E-state index contributed by atoms with van der Waals surface area (Å²) in [6, 6.07) is 4.71. The number of fused-ring (bicyclic) bond motifs is 2. The van der Waals surface area contributed by atoms with Gasteiger partial charge in [-0.1, -0.05) is 0 Å². The number of aryl methyl sites for hydroxylation is 1. The molecule has 8 nitrogen and oxygen atoms in total. The van der Waals surface area contributed by atoms with Crippen molar-refractivity contribution in [3.63, 3.8) is 0 Å². The van der Waals surface area contributed by atoms with Crippen molar-refractivity contribution in [3.8, 4) is 17.2 Å². The van der Waals surface area contributed by atoms with Gasteiger partial charge in [0.2, 0.25) is 0 Å². The van der Waals surface area contributed by atoms with Crippen LogP contribution in [-0.2, 0) is 12.0 Å². The molecule has 4 heterocycles. The van der Waals surface area contributed by atoms with Gasteiger partial charge < -0.3 is 23.5 Å². The molecular weight excluding hydrogens is 496 g/mol. The van der Waals surface area contributed by atoms with Crippen molar-refractivity contribution in [3.05, 3.63) is 69.9 Å². The van der Waals surface area contributed by atoms with Gasteiger partial charge in [-0.25, -0.2) is 9.37 Å². The number of aromatic nitrogens is 3. The van der Waals surface area contributed by atoms with Crippen molar-refractivity contribution in [2.24, 2.45) is 0 Å². The topological polar surface area (TPSA) is 78.6 Å². The monoisotopic (exact) mass is 520 g/mol. The molecule has 0 fully saturated rings. The Morgan fingerprint density at radius 1 is 1.19 bits per heavy atom. The van der Waals surface area contributed by atoms with Crippen LogP contribution in [0.3, 0.4) is 0 Å². The molecule has 1 aromatic carbocycles. The number of imidazole rings is 1. The van der Waals surface area contributed by atoms with Gasteiger partial charge in [0.05, 0.1) is 23.6 Å². The lowest BCUT2D eigenvalue weighted by Gasteiger charge is -2.34. The van der Waals surface area contributed by atoms with Crippen molar-refractivity contribution in [1.82, 2.24) is 19.0 Å². The number of nitrogens with zero attached hydrogens (tertiary/aromatic N) is 4. The summed E-state index contributed by atoms with van der Waals surface area (Å²) < 4.78 is 69.5. The van der Waals surface area contributed by atoms with Gasteiger partial charge in [0.15, 0.2) is 11.6 Å². The molecule has 0 aliphatic carbocycles. The average Bonchev–Trinajstić information content (AvgIpc) is 3.44. The van der Waals surface area contributed by atoms with Crippen molar-refractivity contribution >= 4 is 5.91 Å². The molecule has 196 valence electrons. The van der Waals surface area contributed by atoms with E-state index in [0.29, 0.717) is 5.69 Å². The third kappa shape index (κ3) is 3.94. The van der Waals surface area contributed by atoms with Crippen molar-refractivity contribution < 1.29 is 31.8 Å². The summed E-state index contributed by atoms with van der Waals surface area (Å²) in [6.45, 7) is 3.97. The van der Waals surface area contributed by atoms with Crippen LogP contribution in [0.1, 0.15) is 35.6 Å². The average molecular weight is 520 g/mol. The molecule has 3 aromatic rings. The second kappa shape index (κ2) is 8.63. The maximum atomic E-state index is 14.2. The zero-order valence-corrected chi connectivity index (χ0v) is 20.3. The second-order valence-corrected chi connectivity index (χ2v) is 9.51. The van der Waals surface area contributed by atoms with Gasteiger partial charge in [0.1, 0.15) is 35.8 Å². The summed E-state index contributed by atoms with van der Waals surface area (Å²) in [4.78, 5) is 31.9. The van der Waals surface area contributed by atoms with Crippen LogP contribution in [0, 0.1) is 12.7 Å². The fourth-order valence-corrected chi connectivity index (χ4v) is 4.74. The highest BCUT2D eigenvalue weighted by atomic mass is 19.4. The van der Waals surface area contributed by atoms with Gasteiger partial charge in [-0.2, -0.15) is 13.2 Å². The fraction of sp³-hybridized carbons (Fsp3) is 0.400. The summed E-state index contributed by atoms with van der Waals surface area (Å²) in [5.74, 6) is -1.93. The van der Waals surface area contributed by atoms with Crippen LogP contribution >= 0.6 is 0 Å². The largest absolute Gasteiger partial charge is 0.491 e. The zero-order chi connectivity index (χ0) is 26.7. The standard InChI is InChI=1S/C25H24F4N4O4/c1-14-10-31(13-30-14)17-5-6-18-23(35)32(8-9-33(18)22(17)34)15(2)11-36-19-7-4-16(26)21-20(19)24(3,12-37-21)25(27,28)29/h4-7,10,13,15H,8-9,11-12H2,1-3H3/t15-,24?/m0/s1. The van der Waals surface area contributed by atoms with E-state index in [2.05, 4.69) is 4.98 Å². The molecule has 2 atom stereocenters. The highest BCUT2D eigenvalue weighted by molar-refractivity contribution is 5.93. The van der Waals surface area contributed by atoms with E-state index in [4.69, 9.17) is 9.47 Å². The number of halogens is 4. The number of amides is 1. The van der Waals surface area contributed by atoms with Crippen LogP contribution in [-0.4, -0.2) is 56.9 Å². The molecule has 1 unspecified atom stereocenters. The Balaban J connectivity index is 1.36. The molecule has 0 bridgehead atoms. The van der Waals surface area contributed by atoms with Gasteiger partial charge in [0, 0.05) is 19.3 Å². The van der Waals surface area contributed by atoms with Crippen LogP contribution in [0.15, 0.2) is 41.6 Å². The van der Waals surface area contributed by atoms with E-state index in [9.17, 15) is 27.2 Å². The van der Waals surface area contributed by atoms with E-state index in [1.54, 1.807) is 36.7 Å². The van der Waals surface area contributed by atoms with Crippen LogP contribution in [0.25, 0.3) is 5.69 Å². The molecule has 37 heavy (non-hydrogen) atoms. The first kappa shape index (κ1) is 24.8. The number of carbonyl (C=O) groups excluding carboxylic acids is 1. The number of rotatable bonds is 5. The number of hydrogen-bond donors (Lipinski definition) is 0. The molecule has 0 radical (unpaired) electrons. The number of alkyl halides is 3. The van der Waals surface area contributed by atoms with Crippen molar-refractivity contribution in [2.75, 3.05) is 19.8 Å². The number of carbonyl (C=O) groups is 1. The molecule has 2 aromatic heterocycles. The summed E-state index contributed by atoms with van der Waals surface area (Å²) in [5.41, 5.74) is -1.86. The Morgan fingerprint density at radius 2 is 1.95 bits per heavy atom. The lowest BCUT2D eigenvalue weighted by atomic mass is 9.83. The lowest BCUT2D eigenvalue weighted by Crippen LogP contribution is -2.50. The van der Waals surface area contributed by atoms with Crippen molar-refractivity contribution in [1.29, 1.82) is 0 Å². The molecule has 0 saturated heterocycles. The molecule has 2 aliphatic rings. The summed E-state index contributed by atoms with van der Waals surface area (Å²) in [6.07, 6.45) is -1.46. The Bertz CT molecular complexity index is 1450. The van der Waals surface area contributed by atoms with Gasteiger partial charge in [-0.15, -0.1) is 0 Å². The first-order valence-electron chi connectivity index (χ1n) is 11.6. The van der Waals surface area contributed by atoms with E-state index >= 15 is 0 Å². The van der Waals surface area contributed by atoms with Gasteiger partial charge in [-0.05, 0) is 45.0 Å². The minimum Gasteiger partial charge on any atom is -0.491 e. The Morgan fingerprint density at radius 3 is 2.62 bits per heavy atom. The third-order valence-electron chi connectivity index (χ3n) is 6.95. The molecule has 1 amide bonds. The Labute approximate surface area is 209 Å². The molecule has 0 saturated carbocycles. The second-order valence-electron chi connectivity index (χ2n) is 9.51. The molecule has 2 aliphatic heterocycles. The SMILES string of the molecule is Cc1cn(-c2ccc3n(c2=O)CCN([C@@H](C)COc2ccc(F)c4c2C(C)(C(F)(F)F)CO4)C3=O)cn1. The van der Waals surface area contributed by atoms with Crippen LogP contribution < -0.4 is 15.0 Å². The van der Waals surface area contributed by atoms with E-state index in [1.807, 2.05) is 0 Å². The number of ether oxygens (including phenoxy) is 2. The van der Waals surface area contributed by atoms with Crippen molar-refractivity contribution in [2.45, 2.75) is 44.9 Å². The van der Waals surface area contributed by atoms with E-state index < -0.39 is 47.3 Å². The van der Waals surface area contributed by atoms with Crippen LogP contribution in [0.2, 0.25) is 0 Å². The summed E-state index contributed by atoms with van der Waals surface area (Å²) >= 11 is 0. The van der Waals surface area contributed by atoms with E-state index in [1.165, 1.54) is 15.8 Å². The zero-order valence-electron chi connectivity index (χ0n) is 20.3. The van der Waals surface area contributed by atoms with Gasteiger partial charge >= 0.3 is 6.18 Å². The highest BCUT2D eigenvalue weighted by Gasteiger charge is 2.59. The first-order valence-corrected chi connectivity index (χ1v) is 11.6. The maximum absolute atomic E-state index is 14.2. The van der Waals surface area contributed by atoms with Crippen LogP contribution in [0.5, 0.6) is 11.5 Å². The third-order valence-corrected chi connectivity index (χ3v) is 6.95. The van der Waals surface area contributed by atoms with Gasteiger partial charge in [0.25, 0.3) is 11.5 Å². The summed E-state index contributed by atoms with van der Waals surface area (Å²) in [5, 5.41) is 0. The van der Waals surface area contributed by atoms with Gasteiger partial charge in [-0.3, -0.25) is 9.59 Å². The smallest absolute Gasteiger partial charge is 0.401 e. The minimum absolute atomic E-state index is 0.144. The maximum Gasteiger partial charge on any atom is 0.401 e. The molecular formula is C25H24F4N4O4. The predicted octanol–water partition coefficient (Wildman–Crippen LogP) is 3.62. The minimum atomic E-state index is -4.69. The first-order chi connectivity index (χ1) is 17.4. The molecule has 12 heteroatoms. The Hall–Kier alpha value is -3.83. The molecule has 0 spiro atoms. The van der Waals surface area contributed by atoms with E-state index in [-0.39, 0.29) is 36.7 Å². The fourth-order valence-electron chi connectivity index (χ4n) is 4.74. The highest BCUT2D eigenvalue weighted by Crippen LogP contribution is 2.53. The number of hydrogen-bond acceptors (Lipinski definition) is 5.